The number of rotatable bonds is 3. The largest absolute Gasteiger partial charge is 0.397 e. The summed E-state index contributed by atoms with van der Waals surface area (Å²) in [5.41, 5.74) is 9.43. The Labute approximate surface area is 103 Å². The van der Waals surface area contributed by atoms with Gasteiger partial charge in [0.05, 0.1) is 11.4 Å². The fraction of sp³-hybridized carbons (Fsp3) is 0.571. The lowest BCUT2D eigenvalue weighted by Gasteiger charge is -2.34. The molecule has 1 aliphatic heterocycles. The molecule has 1 heterocycles. The zero-order valence-electron chi connectivity index (χ0n) is 10.8. The number of para-hydroxylation sites is 1. The second-order valence-electron chi connectivity index (χ2n) is 5.31. The molecular weight excluding hydrogens is 212 g/mol. The van der Waals surface area contributed by atoms with Crippen LogP contribution in [0.4, 0.5) is 11.4 Å². The summed E-state index contributed by atoms with van der Waals surface area (Å²) in [5.74, 6) is 0. The predicted octanol–water partition coefficient (Wildman–Crippen LogP) is 2.81. The Morgan fingerprint density at radius 1 is 1.35 bits per heavy atom. The van der Waals surface area contributed by atoms with Crippen LogP contribution in [0.3, 0.4) is 0 Å². The number of nitrogens with two attached hydrogens (primary N) is 1. The van der Waals surface area contributed by atoms with E-state index in [0.29, 0.717) is 5.41 Å². The highest BCUT2D eigenvalue weighted by atomic mass is 16.5. The third kappa shape index (κ3) is 2.91. The molecule has 3 heteroatoms. The first-order valence-electron chi connectivity index (χ1n) is 6.27. The van der Waals surface area contributed by atoms with Crippen LogP contribution in [0.1, 0.15) is 25.3 Å². The van der Waals surface area contributed by atoms with Crippen LogP contribution in [0.25, 0.3) is 0 Å². The minimum Gasteiger partial charge on any atom is -0.397 e. The third-order valence-corrected chi connectivity index (χ3v) is 3.73. The molecule has 0 amide bonds. The Bertz CT molecular complexity index is 384. The number of aryl methyl sites for hydroxylation is 1. The molecule has 1 aromatic rings. The van der Waals surface area contributed by atoms with Crippen molar-refractivity contribution in [2.75, 3.05) is 30.8 Å². The molecule has 0 radical (unpaired) electrons. The molecule has 1 aliphatic rings. The second kappa shape index (κ2) is 4.96. The summed E-state index contributed by atoms with van der Waals surface area (Å²) < 4.78 is 5.41. The van der Waals surface area contributed by atoms with Crippen molar-refractivity contribution < 1.29 is 4.74 Å². The minimum absolute atomic E-state index is 0.328. The van der Waals surface area contributed by atoms with Gasteiger partial charge in [0.15, 0.2) is 0 Å². The van der Waals surface area contributed by atoms with Crippen molar-refractivity contribution in [3.8, 4) is 0 Å². The van der Waals surface area contributed by atoms with E-state index in [1.54, 1.807) is 0 Å². The lowest BCUT2D eigenvalue weighted by molar-refractivity contribution is 0.0300. The van der Waals surface area contributed by atoms with Gasteiger partial charge in [0.1, 0.15) is 0 Å². The quantitative estimate of drug-likeness (QED) is 0.791. The van der Waals surface area contributed by atoms with Crippen LogP contribution in [0.2, 0.25) is 0 Å². The number of hydrogen-bond donors (Lipinski definition) is 2. The van der Waals surface area contributed by atoms with E-state index in [4.69, 9.17) is 10.5 Å². The van der Waals surface area contributed by atoms with Gasteiger partial charge in [-0.3, -0.25) is 0 Å². The van der Waals surface area contributed by atoms with E-state index in [1.807, 2.05) is 25.1 Å². The molecule has 0 saturated carbocycles. The van der Waals surface area contributed by atoms with Crippen LogP contribution in [-0.2, 0) is 4.74 Å². The van der Waals surface area contributed by atoms with Crippen LogP contribution < -0.4 is 11.1 Å². The van der Waals surface area contributed by atoms with Crippen molar-refractivity contribution in [2.45, 2.75) is 26.7 Å². The standard InChI is InChI=1S/C14H22N2O/c1-11-4-3-5-12(13(11)15)16-10-14(2)6-8-17-9-7-14/h3-5,16H,6-10,15H2,1-2H3. The van der Waals surface area contributed by atoms with Gasteiger partial charge in [-0.1, -0.05) is 19.1 Å². The van der Waals surface area contributed by atoms with Crippen molar-refractivity contribution in [3.05, 3.63) is 23.8 Å². The lowest BCUT2D eigenvalue weighted by Crippen LogP contribution is -2.33. The van der Waals surface area contributed by atoms with Crippen LogP contribution in [0.15, 0.2) is 18.2 Å². The van der Waals surface area contributed by atoms with Gasteiger partial charge in [-0.15, -0.1) is 0 Å². The Balaban J connectivity index is 1.99. The molecule has 0 aromatic heterocycles. The molecule has 3 N–H and O–H groups in total. The SMILES string of the molecule is Cc1cccc(NCC2(C)CCOCC2)c1N. The smallest absolute Gasteiger partial charge is 0.0579 e. The van der Waals surface area contributed by atoms with E-state index >= 15 is 0 Å². The molecule has 0 spiro atoms. The maximum absolute atomic E-state index is 6.05. The van der Waals surface area contributed by atoms with Gasteiger partial charge >= 0.3 is 0 Å². The van der Waals surface area contributed by atoms with Crippen LogP contribution in [0, 0.1) is 12.3 Å². The molecule has 0 unspecified atom stereocenters. The Hall–Kier alpha value is -1.22. The van der Waals surface area contributed by atoms with Crippen molar-refractivity contribution in [2.24, 2.45) is 5.41 Å². The van der Waals surface area contributed by atoms with Gasteiger partial charge in [0.2, 0.25) is 0 Å². The van der Waals surface area contributed by atoms with E-state index < -0.39 is 0 Å². The molecule has 1 aromatic carbocycles. The predicted molar refractivity (Wildman–Crippen MR) is 72.2 cm³/mol. The lowest BCUT2D eigenvalue weighted by atomic mass is 9.82. The molecule has 0 atom stereocenters. The molecule has 0 aliphatic carbocycles. The van der Waals surface area contributed by atoms with Crippen molar-refractivity contribution in [1.29, 1.82) is 0 Å². The Morgan fingerprint density at radius 2 is 2.06 bits per heavy atom. The fourth-order valence-electron chi connectivity index (χ4n) is 2.18. The van der Waals surface area contributed by atoms with E-state index in [2.05, 4.69) is 12.2 Å². The van der Waals surface area contributed by atoms with E-state index in [1.165, 1.54) is 0 Å². The fourth-order valence-corrected chi connectivity index (χ4v) is 2.18. The molecule has 1 saturated heterocycles. The highest BCUT2D eigenvalue weighted by molar-refractivity contribution is 5.69. The van der Waals surface area contributed by atoms with Gasteiger partial charge in [-0.25, -0.2) is 0 Å². The van der Waals surface area contributed by atoms with Gasteiger partial charge in [0.25, 0.3) is 0 Å². The first-order valence-corrected chi connectivity index (χ1v) is 6.27. The zero-order valence-corrected chi connectivity index (χ0v) is 10.8. The van der Waals surface area contributed by atoms with Crippen molar-refractivity contribution in [3.63, 3.8) is 0 Å². The summed E-state index contributed by atoms with van der Waals surface area (Å²) in [7, 11) is 0. The Kier molecular flexibility index (Phi) is 3.57. The van der Waals surface area contributed by atoms with Gasteiger partial charge in [0, 0.05) is 19.8 Å². The number of ether oxygens (including phenoxy) is 1. The summed E-state index contributed by atoms with van der Waals surface area (Å²) in [4.78, 5) is 0. The van der Waals surface area contributed by atoms with E-state index in [0.717, 1.165) is 49.5 Å². The summed E-state index contributed by atoms with van der Waals surface area (Å²) in [6, 6.07) is 6.13. The molecular formula is C14H22N2O. The van der Waals surface area contributed by atoms with Crippen molar-refractivity contribution >= 4 is 11.4 Å². The summed E-state index contributed by atoms with van der Waals surface area (Å²) in [6.07, 6.45) is 2.23. The number of benzene rings is 1. The third-order valence-electron chi connectivity index (χ3n) is 3.73. The number of nitrogens with one attached hydrogen (secondary N) is 1. The van der Waals surface area contributed by atoms with E-state index in [9.17, 15) is 0 Å². The topological polar surface area (TPSA) is 47.3 Å². The van der Waals surface area contributed by atoms with Gasteiger partial charge in [-0.2, -0.15) is 0 Å². The number of hydrogen-bond acceptors (Lipinski definition) is 3. The van der Waals surface area contributed by atoms with E-state index in [-0.39, 0.29) is 0 Å². The summed E-state index contributed by atoms with van der Waals surface area (Å²) in [5, 5.41) is 3.48. The van der Waals surface area contributed by atoms with Crippen LogP contribution in [-0.4, -0.2) is 19.8 Å². The zero-order chi connectivity index (χ0) is 12.3. The van der Waals surface area contributed by atoms with Gasteiger partial charge < -0.3 is 15.8 Å². The monoisotopic (exact) mass is 234 g/mol. The maximum atomic E-state index is 6.05. The van der Waals surface area contributed by atoms with Crippen molar-refractivity contribution in [1.82, 2.24) is 0 Å². The molecule has 0 bridgehead atoms. The van der Waals surface area contributed by atoms with Crippen LogP contribution >= 0.6 is 0 Å². The van der Waals surface area contributed by atoms with Crippen LogP contribution in [0.5, 0.6) is 0 Å². The number of nitrogen functional groups attached to an aromatic ring is 1. The average Bonchev–Trinajstić information content (AvgIpc) is 2.32. The first kappa shape index (κ1) is 12.2. The Morgan fingerprint density at radius 3 is 2.76 bits per heavy atom. The average molecular weight is 234 g/mol. The molecule has 94 valence electrons. The highest BCUT2D eigenvalue weighted by Crippen LogP contribution is 2.31. The normalized spacial score (nSPS) is 18.9. The molecule has 1 fully saturated rings. The molecule has 17 heavy (non-hydrogen) atoms. The number of anilines is 2. The first-order chi connectivity index (χ1) is 8.11. The second-order valence-corrected chi connectivity index (χ2v) is 5.31. The highest BCUT2D eigenvalue weighted by Gasteiger charge is 2.27. The molecule has 3 nitrogen and oxygen atoms in total. The van der Waals surface area contributed by atoms with Gasteiger partial charge in [-0.05, 0) is 36.8 Å². The molecule has 2 rings (SSSR count). The summed E-state index contributed by atoms with van der Waals surface area (Å²) in [6.45, 7) is 7.07. The summed E-state index contributed by atoms with van der Waals surface area (Å²) >= 11 is 0. The maximum Gasteiger partial charge on any atom is 0.0579 e. The minimum atomic E-state index is 0.328.